The minimum Gasteiger partial charge on any atom is -0.668 e. The summed E-state index contributed by atoms with van der Waals surface area (Å²) in [6.45, 7) is 6.72. The zero-order valence-electron chi connectivity index (χ0n) is 15.9. The van der Waals surface area contributed by atoms with Crippen LogP contribution in [-0.4, -0.2) is 42.3 Å². The third-order valence-electron chi connectivity index (χ3n) is 2.40. The molecule has 1 saturated carbocycles. The molecule has 2 aliphatic carbocycles. The summed E-state index contributed by atoms with van der Waals surface area (Å²) in [5, 5.41) is 10.5. The van der Waals surface area contributed by atoms with Gasteiger partial charge >= 0.3 is 21.7 Å². The standard InChI is InChI=1S/C9H11.C4H6.3C2H6N.Ti/c1-2-5-9-7-3-6-8(9)4-1;1-3-4-2;3*1-3-2;/h1-2,4-6,8-9H,3,7H2;3-4H,1-2H2;3*1-2H3;/q-1;;3*-1;+4. The molecule has 23 heavy (non-hydrogen) atoms. The van der Waals surface area contributed by atoms with Crippen molar-refractivity contribution >= 4 is 0 Å². The van der Waals surface area contributed by atoms with Crippen molar-refractivity contribution in [1.82, 2.24) is 0 Å². The summed E-state index contributed by atoms with van der Waals surface area (Å²) in [6.07, 6.45) is 17.3. The molecule has 0 aromatic carbocycles. The number of rotatable bonds is 1. The molecule has 0 radical (unpaired) electrons. The number of nitrogens with zero attached hydrogens (tertiary/aromatic N) is 3. The van der Waals surface area contributed by atoms with Gasteiger partial charge in [0.05, 0.1) is 0 Å². The Morgan fingerprint density at radius 3 is 1.61 bits per heavy atom. The molecule has 2 rings (SSSR count). The molecule has 0 spiro atoms. The summed E-state index contributed by atoms with van der Waals surface area (Å²) in [6, 6.07) is 0. The van der Waals surface area contributed by atoms with E-state index in [0.29, 0.717) is 0 Å². The van der Waals surface area contributed by atoms with Crippen LogP contribution in [0.3, 0.4) is 0 Å². The van der Waals surface area contributed by atoms with Crippen molar-refractivity contribution in [2.45, 2.75) is 12.8 Å². The fraction of sp³-hybridized carbons (Fsp3) is 0.526. The molecule has 0 aromatic rings. The molecule has 0 aliphatic heterocycles. The molecule has 0 amide bonds. The summed E-state index contributed by atoms with van der Waals surface area (Å²) < 4.78 is 0. The predicted molar refractivity (Wildman–Crippen MR) is 105 cm³/mol. The topological polar surface area (TPSA) is 42.3 Å². The van der Waals surface area contributed by atoms with Crippen LogP contribution < -0.4 is 0 Å². The van der Waals surface area contributed by atoms with Gasteiger partial charge in [0.1, 0.15) is 0 Å². The average molecular weight is 353 g/mol. The molecular formula is C19H35N3Ti. The summed E-state index contributed by atoms with van der Waals surface area (Å²) in [4.78, 5) is 0. The molecule has 2 atom stereocenters. The van der Waals surface area contributed by atoms with E-state index >= 15 is 0 Å². The van der Waals surface area contributed by atoms with Crippen molar-refractivity contribution in [2.75, 3.05) is 42.3 Å². The Labute approximate surface area is 160 Å². The van der Waals surface area contributed by atoms with Crippen molar-refractivity contribution in [3.8, 4) is 0 Å². The number of hydrogen-bond donors (Lipinski definition) is 0. The molecule has 130 valence electrons. The van der Waals surface area contributed by atoms with Crippen molar-refractivity contribution in [3.63, 3.8) is 0 Å². The van der Waals surface area contributed by atoms with Crippen LogP contribution in [0.2, 0.25) is 0 Å². The Bertz CT molecular complexity index is 247. The van der Waals surface area contributed by atoms with E-state index in [1.54, 1.807) is 54.4 Å². The maximum Gasteiger partial charge on any atom is 4.00 e. The van der Waals surface area contributed by atoms with Crippen molar-refractivity contribution < 1.29 is 21.7 Å². The summed E-state index contributed by atoms with van der Waals surface area (Å²) >= 11 is 0. The van der Waals surface area contributed by atoms with Crippen LogP contribution in [0, 0.1) is 18.3 Å². The molecule has 3 nitrogen and oxygen atoms in total. The number of fused-ring (bicyclic) bond motifs is 1. The minimum atomic E-state index is 0. The molecule has 0 heterocycles. The van der Waals surface area contributed by atoms with Gasteiger partial charge in [0, 0.05) is 0 Å². The van der Waals surface area contributed by atoms with Crippen LogP contribution in [0.1, 0.15) is 12.8 Å². The van der Waals surface area contributed by atoms with E-state index in [4.69, 9.17) is 0 Å². The van der Waals surface area contributed by atoms with Gasteiger partial charge in [0.15, 0.2) is 0 Å². The molecule has 1 fully saturated rings. The maximum atomic E-state index is 3.50. The second-order valence-corrected chi connectivity index (χ2v) is 4.64. The van der Waals surface area contributed by atoms with Gasteiger partial charge in [-0.15, -0.1) is 12.0 Å². The van der Waals surface area contributed by atoms with E-state index in [2.05, 4.69) is 59.8 Å². The Morgan fingerprint density at radius 1 is 0.870 bits per heavy atom. The first kappa shape index (κ1) is 30.4. The van der Waals surface area contributed by atoms with E-state index < -0.39 is 0 Å². The van der Waals surface area contributed by atoms with Crippen LogP contribution in [0.4, 0.5) is 0 Å². The SMILES string of the molecule is C1=CC2[CH-]CCC2C=C1.C=CC=C.C[N-]C.C[N-]C.C[N-]C.[Ti+4]. The normalized spacial score (nSPS) is 18.5. The summed E-state index contributed by atoms with van der Waals surface area (Å²) in [5.41, 5.74) is 0. The van der Waals surface area contributed by atoms with Gasteiger partial charge < -0.3 is 22.4 Å². The van der Waals surface area contributed by atoms with E-state index in [1.807, 2.05) is 0 Å². The third kappa shape index (κ3) is 26.7. The van der Waals surface area contributed by atoms with E-state index in [1.165, 1.54) is 12.8 Å². The van der Waals surface area contributed by atoms with E-state index in [-0.39, 0.29) is 21.7 Å². The zero-order chi connectivity index (χ0) is 17.6. The molecular weight excluding hydrogens is 318 g/mol. The summed E-state index contributed by atoms with van der Waals surface area (Å²) in [5.74, 6) is 1.62. The first-order valence-electron chi connectivity index (χ1n) is 7.48. The maximum absolute atomic E-state index is 3.50. The van der Waals surface area contributed by atoms with Gasteiger partial charge in [-0.2, -0.15) is 48.7 Å². The van der Waals surface area contributed by atoms with Gasteiger partial charge in [-0.05, 0) is 5.92 Å². The second-order valence-electron chi connectivity index (χ2n) is 4.64. The van der Waals surface area contributed by atoms with Crippen LogP contribution >= 0.6 is 0 Å². The first-order chi connectivity index (χ1) is 10.6. The molecule has 2 aliphatic rings. The number of hydrogen-bond acceptors (Lipinski definition) is 0. The van der Waals surface area contributed by atoms with E-state index in [0.717, 1.165) is 11.8 Å². The number of allylic oxidation sites excluding steroid dienone is 6. The van der Waals surface area contributed by atoms with Crippen LogP contribution in [0.25, 0.3) is 16.0 Å². The van der Waals surface area contributed by atoms with Crippen molar-refractivity contribution in [1.29, 1.82) is 0 Å². The zero-order valence-corrected chi connectivity index (χ0v) is 17.4. The Morgan fingerprint density at radius 2 is 1.26 bits per heavy atom. The van der Waals surface area contributed by atoms with E-state index in [9.17, 15) is 0 Å². The van der Waals surface area contributed by atoms with Gasteiger partial charge in [-0.25, -0.2) is 0 Å². The Balaban J connectivity index is -0.000000111. The molecule has 4 heteroatoms. The molecule has 0 aromatic heterocycles. The minimum absolute atomic E-state index is 0. The van der Waals surface area contributed by atoms with Crippen LogP contribution in [0.5, 0.6) is 0 Å². The smallest absolute Gasteiger partial charge is 0.668 e. The molecule has 0 saturated heterocycles. The van der Waals surface area contributed by atoms with Gasteiger partial charge in [0.2, 0.25) is 0 Å². The van der Waals surface area contributed by atoms with Crippen LogP contribution in [-0.2, 0) is 21.7 Å². The fourth-order valence-corrected chi connectivity index (χ4v) is 1.69. The quantitative estimate of drug-likeness (QED) is 0.337. The largest absolute Gasteiger partial charge is 4.00 e. The first-order valence-corrected chi connectivity index (χ1v) is 7.48. The van der Waals surface area contributed by atoms with Gasteiger partial charge in [0.25, 0.3) is 0 Å². The predicted octanol–water partition coefficient (Wildman–Crippen LogP) is 5.56. The Hall–Kier alpha value is -0.446. The summed E-state index contributed by atoms with van der Waals surface area (Å²) in [7, 11) is 10.5. The second kappa shape index (κ2) is 29.6. The third-order valence-corrected chi connectivity index (χ3v) is 2.40. The Kier molecular flexibility index (Phi) is 39.1. The van der Waals surface area contributed by atoms with Crippen molar-refractivity contribution in [2.24, 2.45) is 11.8 Å². The van der Waals surface area contributed by atoms with Crippen molar-refractivity contribution in [3.05, 3.63) is 72.0 Å². The van der Waals surface area contributed by atoms with Gasteiger partial charge in [-0.1, -0.05) is 50.0 Å². The average Bonchev–Trinajstić information content (AvgIpc) is 2.98. The monoisotopic (exact) mass is 353 g/mol. The fourth-order valence-electron chi connectivity index (χ4n) is 1.69. The molecule has 0 bridgehead atoms. The molecule has 2 unspecified atom stereocenters. The molecule has 0 N–H and O–H groups in total. The van der Waals surface area contributed by atoms with Crippen LogP contribution in [0.15, 0.2) is 49.6 Å². The van der Waals surface area contributed by atoms with Gasteiger partial charge in [-0.3, -0.25) is 0 Å².